The van der Waals surface area contributed by atoms with Gasteiger partial charge in [-0.2, -0.15) is 5.10 Å². The zero-order valence-corrected chi connectivity index (χ0v) is 20.4. The third-order valence-corrected chi connectivity index (χ3v) is 5.68. The highest BCUT2D eigenvalue weighted by molar-refractivity contribution is 6.39. The highest BCUT2D eigenvalue weighted by atomic mass is 16.5. The van der Waals surface area contributed by atoms with Gasteiger partial charge in [-0.05, 0) is 71.1 Å². The summed E-state index contributed by atoms with van der Waals surface area (Å²) in [5, 5.41) is 8.79. The summed E-state index contributed by atoms with van der Waals surface area (Å²) < 4.78 is 11.5. The first-order valence-electron chi connectivity index (χ1n) is 11.4. The lowest BCUT2D eigenvalue weighted by atomic mass is 10.1. The average molecular weight is 482 g/mol. The summed E-state index contributed by atoms with van der Waals surface area (Å²) in [4.78, 5) is 24.3. The number of ether oxygens (including phenoxy) is 2. The minimum absolute atomic E-state index is 0.386. The van der Waals surface area contributed by atoms with Crippen molar-refractivity contribution in [3.63, 3.8) is 0 Å². The quantitative estimate of drug-likeness (QED) is 0.218. The Balaban J connectivity index is 1.37. The van der Waals surface area contributed by atoms with E-state index in [1.165, 1.54) is 6.21 Å². The Hall–Kier alpha value is -4.65. The van der Waals surface area contributed by atoms with E-state index >= 15 is 0 Å². The van der Waals surface area contributed by atoms with E-state index in [9.17, 15) is 9.59 Å². The maximum atomic E-state index is 12.2. The van der Waals surface area contributed by atoms with Crippen molar-refractivity contribution in [1.29, 1.82) is 0 Å². The number of nitrogens with zero attached hydrogens (tertiary/aromatic N) is 1. The van der Waals surface area contributed by atoms with Gasteiger partial charge < -0.3 is 14.8 Å². The first-order chi connectivity index (χ1) is 17.4. The molecule has 0 aromatic heterocycles. The smallest absolute Gasteiger partial charge is 0.329 e. The molecule has 0 saturated heterocycles. The van der Waals surface area contributed by atoms with Crippen molar-refractivity contribution in [2.24, 2.45) is 5.10 Å². The van der Waals surface area contributed by atoms with Gasteiger partial charge in [-0.3, -0.25) is 9.59 Å². The Morgan fingerprint density at radius 3 is 2.53 bits per heavy atom. The van der Waals surface area contributed by atoms with Crippen LogP contribution in [0.15, 0.2) is 84.0 Å². The molecule has 0 unspecified atom stereocenters. The molecule has 0 atom stereocenters. The molecular formula is C29H27N3O4. The van der Waals surface area contributed by atoms with Gasteiger partial charge in [0.1, 0.15) is 6.61 Å². The van der Waals surface area contributed by atoms with E-state index in [1.54, 1.807) is 31.4 Å². The van der Waals surface area contributed by atoms with Crippen LogP contribution < -0.4 is 20.2 Å². The number of aryl methyl sites for hydroxylation is 2. The van der Waals surface area contributed by atoms with Gasteiger partial charge in [-0.15, -0.1) is 0 Å². The molecule has 0 bridgehead atoms. The van der Waals surface area contributed by atoms with Crippen LogP contribution >= 0.6 is 0 Å². The molecule has 4 aromatic rings. The van der Waals surface area contributed by atoms with Crippen molar-refractivity contribution in [1.82, 2.24) is 5.43 Å². The number of rotatable bonds is 7. The second-order valence-corrected chi connectivity index (χ2v) is 8.31. The average Bonchev–Trinajstić information content (AvgIpc) is 2.89. The zero-order valence-electron chi connectivity index (χ0n) is 20.4. The van der Waals surface area contributed by atoms with E-state index < -0.39 is 11.8 Å². The molecule has 0 radical (unpaired) electrons. The molecule has 7 nitrogen and oxygen atoms in total. The molecule has 0 aliphatic heterocycles. The Labute approximate surface area is 209 Å². The summed E-state index contributed by atoms with van der Waals surface area (Å²) in [5.74, 6) is -0.553. The number of hydrazone groups is 1. The van der Waals surface area contributed by atoms with Gasteiger partial charge in [-0.25, -0.2) is 5.43 Å². The predicted octanol–water partition coefficient (Wildman–Crippen LogP) is 5.13. The molecule has 2 amide bonds. The zero-order chi connectivity index (χ0) is 25.5. The van der Waals surface area contributed by atoms with Crippen LogP contribution in [0.3, 0.4) is 0 Å². The molecule has 0 aliphatic carbocycles. The monoisotopic (exact) mass is 481 g/mol. The van der Waals surface area contributed by atoms with Crippen molar-refractivity contribution in [2.45, 2.75) is 20.5 Å². The number of methoxy groups -OCH3 is 1. The normalized spacial score (nSPS) is 10.9. The van der Waals surface area contributed by atoms with Gasteiger partial charge in [0.25, 0.3) is 0 Å². The Kier molecular flexibility index (Phi) is 7.60. The molecule has 36 heavy (non-hydrogen) atoms. The number of hydrogen-bond acceptors (Lipinski definition) is 5. The Morgan fingerprint density at radius 2 is 1.69 bits per heavy atom. The molecule has 2 N–H and O–H groups in total. The Bertz CT molecular complexity index is 1440. The molecule has 0 heterocycles. The van der Waals surface area contributed by atoms with Gasteiger partial charge in [0.2, 0.25) is 0 Å². The van der Waals surface area contributed by atoms with E-state index in [1.807, 2.05) is 50.2 Å². The van der Waals surface area contributed by atoms with Gasteiger partial charge in [0, 0.05) is 5.69 Å². The number of nitrogens with one attached hydrogen (secondary N) is 2. The summed E-state index contributed by atoms with van der Waals surface area (Å²) in [6.07, 6.45) is 1.43. The molecule has 0 spiro atoms. The van der Waals surface area contributed by atoms with E-state index in [2.05, 4.69) is 34.0 Å². The largest absolute Gasteiger partial charge is 0.493 e. The number of carbonyl (C=O) groups is 2. The van der Waals surface area contributed by atoms with Crippen molar-refractivity contribution < 1.29 is 19.1 Å². The highest BCUT2D eigenvalue weighted by Gasteiger charge is 2.14. The van der Waals surface area contributed by atoms with Crippen LogP contribution in [0.1, 0.15) is 22.3 Å². The van der Waals surface area contributed by atoms with Gasteiger partial charge in [-0.1, -0.05) is 54.6 Å². The molecule has 0 aliphatic rings. The first kappa shape index (κ1) is 24.5. The number of hydrogen-bond donors (Lipinski definition) is 2. The molecule has 4 rings (SSSR count). The third-order valence-electron chi connectivity index (χ3n) is 5.68. The van der Waals surface area contributed by atoms with Gasteiger partial charge in [0.15, 0.2) is 11.5 Å². The van der Waals surface area contributed by atoms with E-state index in [-0.39, 0.29) is 0 Å². The molecule has 0 saturated carbocycles. The van der Waals surface area contributed by atoms with Crippen LogP contribution in [0.5, 0.6) is 11.5 Å². The van der Waals surface area contributed by atoms with Crippen molar-refractivity contribution >= 4 is 34.5 Å². The molecule has 4 aromatic carbocycles. The van der Waals surface area contributed by atoms with E-state index in [4.69, 9.17) is 9.47 Å². The third kappa shape index (κ3) is 5.88. The molecule has 7 heteroatoms. The standard InChI is InChI=1S/C29H27N3O4/c1-19-11-12-20(2)25(15-19)31-28(33)29(34)32-30-17-21-13-14-26(27(16-21)35-3)36-18-23-9-6-8-22-7-4-5-10-24(22)23/h4-17H,18H2,1-3H3,(H,31,33)(H,32,34). The van der Waals surface area contributed by atoms with E-state index in [0.717, 1.165) is 27.5 Å². The summed E-state index contributed by atoms with van der Waals surface area (Å²) in [6, 6.07) is 25.2. The molecule has 0 fully saturated rings. The lowest BCUT2D eigenvalue weighted by molar-refractivity contribution is -0.136. The lowest BCUT2D eigenvalue weighted by Crippen LogP contribution is -2.32. The minimum Gasteiger partial charge on any atom is -0.493 e. The minimum atomic E-state index is -0.867. The Morgan fingerprint density at radius 1 is 0.889 bits per heavy atom. The van der Waals surface area contributed by atoms with Crippen molar-refractivity contribution in [3.8, 4) is 11.5 Å². The fourth-order valence-electron chi connectivity index (χ4n) is 3.72. The molecule has 182 valence electrons. The summed E-state index contributed by atoms with van der Waals surface area (Å²) in [7, 11) is 1.56. The number of carbonyl (C=O) groups excluding carboxylic acids is 2. The van der Waals surface area contributed by atoms with Crippen LogP contribution in [-0.4, -0.2) is 25.1 Å². The van der Waals surface area contributed by atoms with Gasteiger partial charge in [0.05, 0.1) is 13.3 Å². The number of benzene rings is 4. The van der Waals surface area contributed by atoms with Crippen molar-refractivity contribution in [2.75, 3.05) is 12.4 Å². The highest BCUT2D eigenvalue weighted by Crippen LogP contribution is 2.29. The number of amides is 2. The van der Waals surface area contributed by atoms with Crippen LogP contribution in [-0.2, 0) is 16.2 Å². The number of fused-ring (bicyclic) bond motifs is 1. The van der Waals surface area contributed by atoms with E-state index in [0.29, 0.717) is 29.4 Å². The fourth-order valence-corrected chi connectivity index (χ4v) is 3.72. The maximum Gasteiger partial charge on any atom is 0.329 e. The second kappa shape index (κ2) is 11.2. The van der Waals surface area contributed by atoms with Crippen LogP contribution in [0.2, 0.25) is 0 Å². The molecular weight excluding hydrogens is 454 g/mol. The fraction of sp³-hybridized carbons (Fsp3) is 0.138. The summed E-state index contributed by atoms with van der Waals surface area (Å²) in [6.45, 7) is 4.15. The topological polar surface area (TPSA) is 89.0 Å². The van der Waals surface area contributed by atoms with Crippen molar-refractivity contribution in [3.05, 3.63) is 101 Å². The maximum absolute atomic E-state index is 12.2. The second-order valence-electron chi connectivity index (χ2n) is 8.31. The first-order valence-corrected chi connectivity index (χ1v) is 11.4. The van der Waals surface area contributed by atoms with Crippen LogP contribution in [0, 0.1) is 13.8 Å². The lowest BCUT2D eigenvalue weighted by Gasteiger charge is -2.12. The summed E-state index contributed by atoms with van der Waals surface area (Å²) >= 11 is 0. The SMILES string of the molecule is COc1cc(C=NNC(=O)C(=O)Nc2cc(C)ccc2C)ccc1OCc1cccc2ccccc12. The summed E-state index contributed by atoms with van der Waals surface area (Å²) in [5.41, 5.74) is 6.41. The van der Waals surface area contributed by atoms with Crippen LogP contribution in [0.4, 0.5) is 5.69 Å². The predicted molar refractivity (Wildman–Crippen MR) is 142 cm³/mol. The van der Waals surface area contributed by atoms with Crippen LogP contribution in [0.25, 0.3) is 10.8 Å². The van der Waals surface area contributed by atoms with Gasteiger partial charge >= 0.3 is 11.8 Å². The number of anilines is 1.